The summed E-state index contributed by atoms with van der Waals surface area (Å²) in [5, 5.41) is 4.09. The van der Waals surface area contributed by atoms with Gasteiger partial charge < -0.3 is 15.0 Å². The highest BCUT2D eigenvalue weighted by atomic mass is 35.5. The Morgan fingerprint density at radius 2 is 1.83 bits per heavy atom. The van der Waals surface area contributed by atoms with Gasteiger partial charge in [-0.05, 0) is 61.7 Å². The van der Waals surface area contributed by atoms with Crippen molar-refractivity contribution in [2.24, 2.45) is 0 Å². The number of nitrogens with one attached hydrogen (secondary N) is 1. The van der Waals surface area contributed by atoms with Gasteiger partial charge in [0.1, 0.15) is 11.8 Å². The van der Waals surface area contributed by atoms with E-state index in [0.717, 1.165) is 17.5 Å². The molecule has 0 heterocycles. The molecule has 156 valence electrons. The number of halogens is 2. The quantitative estimate of drug-likeness (QED) is 0.623. The fraction of sp³-hybridized carbons (Fsp3) is 0.364. The predicted octanol–water partition coefficient (Wildman–Crippen LogP) is 4.62. The molecule has 0 unspecified atom stereocenters. The van der Waals surface area contributed by atoms with Crippen LogP contribution in [0.1, 0.15) is 31.4 Å². The lowest BCUT2D eigenvalue weighted by atomic mass is 10.1. The maximum absolute atomic E-state index is 12.9. The number of rotatable bonds is 9. The summed E-state index contributed by atoms with van der Waals surface area (Å²) in [6, 6.07) is 11.8. The van der Waals surface area contributed by atoms with Crippen LogP contribution in [0.25, 0.3) is 0 Å². The zero-order chi connectivity index (χ0) is 21.4. The molecule has 2 aromatic carbocycles. The molecule has 2 aromatic rings. The number of hydrogen-bond acceptors (Lipinski definition) is 3. The van der Waals surface area contributed by atoms with E-state index < -0.39 is 6.04 Å². The second-order valence-electron chi connectivity index (χ2n) is 6.81. The fourth-order valence-electron chi connectivity index (χ4n) is 2.70. The number of carbonyl (C=O) groups is 2. The van der Waals surface area contributed by atoms with Crippen molar-refractivity contribution in [2.75, 3.05) is 13.2 Å². The number of amides is 2. The first-order valence-corrected chi connectivity index (χ1v) is 10.3. The zero-order valence-electron chi connectivity index (χ0n) is 16.9. The fourth-order valence-corrected chi connectivity index (χ4v) is 2.94. The summed E-state index contributed by atoms with van der Waals surface area (Å²) in [7, 11) is 0. The average molecular weight is 437 g/mol. The van der Waals surface area contributed by atoms with Crippen molar-refractivity contribution in [1.29, 1.82) is 0 Å². The van der Waals surface area contributed by atoms with Gasteiger partial charge in [-0.1, -0.05) is 42.3 Å². The zero-order valence-corrected chi connectivity index (χ0v) is 18.4. The van der Waals surface area contributed by atoms with Crippen molar-refractivity contribution >= 4 is 35.0 Å². The summed E-state index contributed by atoms with van der Waals surface area (Å²) in [5.74, 6) is 0.0676. The lowest BCUT2D eigenvalue weighted by Gasteiger charge is -2.28. The SMILES string of the molecule is CCCNC(=O)[C@H](C)N(Cc1ccc(Cl)cc1)C(=O)COc1ccc(Cl)c(C)c1. The van der Waals surface area contributed by atoms with Crippen LogP contribution in [0, 0.1) is 6.92 Å². The van der Waals surface area contributed by atoms with Gasteiger partial charge in [-0.3, -0.25) is 9.59 Å². The van der Waals surface area contributed by atoms with Crippen LogP contribution in [0.4, 0.5) is 0 Å². The van der Waals surface area contributed by atoms with Gasteiger partial charge in [0.15, 0.2) is 6.61 Å². The number of carbonyl (C=O) groups excluding carboxylic acids is 2. The lowest BCUT2D eigenvalue weighted by Crippen LogP contribution is -2.49. The molecule has 0 aliphatic heterocycles. The first kappa shape index (κ1) is 23.0. The molecule has 29 heavy (non-hydrogen) atoms. The van der Waals surface area contributed by atoms with Crippen LogP contribution in [-0.2, 0) is 16.1 Å². The van der Waals surface area contributed by atoms with Gasteiger partial charge >= 0.3 is 0 Å². The molecule has 0 aliphatic rings. The summed E-state index contributed by atoms with van der Waals surface area (Å²) < 4.78 is 5.65. The number of nitrogens with zero attached hydrogens (tertiary/aromatic N) is 1. The molecule has 0 fully saturated rings. The standard InChI is InChI=1S/C22H26Cl2N2O3/c1-4-11-25-22(28)16(3)26(13-17-5-7-18(23)8-6-17)21(27)14-29-19-9-10-20(24)15(2)12-19/h5-10,12,16H,4,11,13-14H2,1-3H3,(H,25,28)/t16-/m0/s1. The molecule has 0 aliphatic carbocycles. The Bertz CT molecular complexity index is 840. The van der Waals surface area contributed by atoms with Crippen LogP contribution in [0.5, 0.6) is 5.75 Å². The van der Waals surface area contributed by atoms with Gasteiger partial charge in [0.2, 0.25) is 5.91 Å². The van der Waals surface area contributed by atoms with Gasteiger partial charge in [-0.15, -0.1) is 0 Å². The highest BCUT2D eigenvalue weighted by Crippen LogP contribution is 2.21. The smallest absolute Gasteiger partial charge is 0.261 e. The summed E-state index contributed by atoms with van der Waals surface area (Å²) in [6.07, 6.45) is 0.822. The minimum Gasteiger partial charge on any atom is -0.484 e. The van der Waals surface area contributed by atoms with Crippen molar-refractivity contribution in [1.82, 2.24) is 10.2 Å². The first-order valence-electron chi connectivity index (χ1n) is 9.52. The van der Waals surface area contributed by atoms with E-state index in [2.05, 4.69) is 5.32 Å². The van der Waals surface area contributed by atoms with Crippen molar-refractivity contribution in [3.8, 4) is 5.75 Å². The summed E-state index contributed by atoms with van der Waals surface area (Å²) in [6.45, 7) is 6.21. The van der Waals surface area contributed by atoms with E-state index >= 15 is 0 Å². The third-order valence-electron chi connectivity index (χ3n) is 4.47. The van der Waals surface area contributed by atoms with Crippen LogP contribution in [-0.4, -0.2) is 35.9 Å². The van der Waals surface area contributed by atoms with Gasteiger partial charge in [0.25, 0.3) is 5.91 Å². The molecule has 0 spiro atoms. The Hall–Kier alpha value is -2.24. The summed E-state index contributed by atoms with van der Waals surface area (Å²) in [4.78, 5) is 26.9. The maximum Gasteiger partial charge on any atom is 0.261 e. The molecule has 0 aromatic heterocycles. The highest BCUT2D eigenvalue weighted by Gasteiger charge is 2.26. The van der Waals surface area contributed by atoms with E-state index in [9.17, 15) is 9.59 Å². The normalized spacial score (nSPS) is 11.6. The van der Waals surface area contributed by atoms with E-state index in [1.54, 1.807) is 37.3 Å². The Morgan fingerprint density at radius 1 is 1.14 bits per heavy atom. The molecular weight excluding hydrogens is 411 g/mol. The van der Waals surface area contributed by atoms with E-state index in [1.807, 2.05) is 26.0 Å². The molecule has 1 atom stereocenters. The van der Waals surface area contributed by atoms with E-state index in [0.29, 0.717) is 22.3 Å². The van der Waals surface area contributed by atoms with Crippen molar-refractivity contribution in [3.05, 3.63) is 63.6 Å². The minimum absolute atomic E-state index is 0.180. The van der Waals surface area contributed by atoms with E-state index in [4.69, 9.17) is 27.9 Å². The molecule has 0 saturated heterocycles. The molecule has 2 rings (SSSR count). The van der Waals surface area contributed by atoms with Crippen molar-refractivity contribution < 1.29 is 14.3 Å². The van der Waals surface area contributed by atoms with Crippen LogP contribution in [0.2, 0.25) is 10.0 Å². The minimum atomic E-state index is -0.639. The molecule has 1 N–H and O–H groups in total. The number of ether oxygens (including phenoxy) is 1. The van der Waals surface area contributed by atoms with E-state index in [1.165, 1.54) is 4.90 Å². The molecule has 5 nitrogen and oxygen atoms in total. The molecule has 0 bridgehead atoms. The molecule has 0 radical (unpaired) electrons. The average Bonchev–Trinajstić information content (AvgIpc) is 2.71. The lowest BCUT2D eigenvalue weighted by molar-refractivity contribution is -0.142. The molecule has 2 amide bonds. The van der Waals surface area contributed by atoms with Gasteiger partial charge in [-0.2, -0.15) is 0 Å². The van der Waals surface area contributed by atoms with Crippen molar-refractivity contribution in [3.63, 3.8) is 0 Å². The van der Waals surface area contributed by atoms with Crippen LogP contribution in [0.3, 0.4) is 0 Å². The van der Waals surface area contributed by atoms with Crippen LogP contribution >= 0.6 is 23.2 Å². The summed E-state index contributed by atoms with van der Waals surface area (Å²) in [5.41, 5.74) is 1.74. The number of hydrogen-bond donors (Lipinski definition) is 1. The third-order valence-corrected chi connectivity index (χ3v) is 5.15. The van der Waals surface area contributed by atoms with Gasteiger partial charge in [-0.25, -0.2) is 0 Å². The Labute approximate surface area is 181 Å². The second-order valence-corrected chi connectivity index (χ2v) is 7.66. The van der Waals surface area contributed by atoms with E-state index in [-0.39, 0.29) is 25.0 Å². The number of aryl methyl sites for hydroxylation is 1. The summed E-state index contributed by atoms with van der Waals surface area (Å²) >= 11 is 12.0. The largest absolute Gasteiger partial charge is 0.484 e. The Kier molecular flexibility index (Phi) is 8.80. The second kappa shape index (κ2) is 11.1. The molecule has 7 heteroatoms. The van der Waals surface area contributed by atoms with Gasteiger partial charge in [0, 0.05) is 23.1 Å². The Morgan fingerprint density at radius 3 is 2.45 bits per heavy atom. The monoisotopic (exact) mass is 436 g/mol. The van der Waals surface area contributed by atoms with Crippen LogP contribution in [0.15, 0.2) is 42.5 Å². The van der Waals surface area contributed by atoms with Crippen molar-refractivity contribution in [2.45, 2.75) is 39.8 Å². The molecular formula is C22H26Cl2N2O3. The van der Waals surface area contributed by atoms with Crippen LogP contribution < -0.4 is 10.1 Å². The first-order chi connectivity index (χ1) is 13.8. The third kappa shape index (κ3) is 6.94. The predicted molar refractivity (Wildman–Crippen MR) is 116 cm³/mol. The Balaban J connectivity index is 2.13. The van der Waals surface area contributed by atoms with Gasteiger partial charge in [0.05, 0.1) is 0 Å². The highest BCUT2D eigenvalue weighted by molar-refractivity contribution is 6.31. The maximum atomic E-state index is 12.9. The number of benzene rings is 2. The molecule has 0 saturated carbocycles. The topological polar surface area (TPSA) is 58.6 Å².